The number of sulfone groups is 1. The van der Waals surface area contributed by atoms with Crippen LogP contribution in [0.25, 0.3) is 0 Å². The Kier molecular flexibility index (Phi) is 4.92. The molecule has 1 unspecified atom stereocenters. The van der Waals surface area contributed by atoms with Gasteiger partial charge in [0.25, 0.3) is 0 Å². The van der Waals surface area contributed by atoms with Gasteiger partial charge >= 0.3 is 5.97 Å². The third-order valence-corrected chi connectivity index (χ3v) is 4.89. The molecule has 0 aromatic rings. The molecule has 0 bridgehead atoms. The number of esters is 1. The molecule has 0 aromatic heterocycles. The number of nitrogens with one attached hydrogen (secondary N) is 1. The molecule has 0 radical (unpaired) electrons. The second kappa shape index (κ2) is 5.87. The molecule has 0 saturated carbocycles. The van der Waals surface area contributed by atoms with Gasteiger partial charge in [-0.05, 0) is 20.4 Å². The first kappa shape index (κ1) is 15.9. The zero-order chi connectivity index (χ0) is 14.7. The molecule has 1 aliphatic heterocycles. The molecule has 19 heavy (non-hydrogen) atoms. The smallest absolute Gasteiger partial charge is 0.319 e. The number of hydrogen-bond donors (Lipinski definition) is 1. The minimum atomic E-state index is -3.05. The Morgan fingerprint density at radius 1 is 1.37 bits per heavy atom. The first-order valence-electron chi connectivity index (χ1n) is 5.93. The van der Waals surface area contributed by atoms with E-state index in [4.69, 9.17) is 0 Å². The maximum absolute atomic E-state index is 11.8. The van der Waals surface area contributed by atoms with Gasteiger partial charge in [0.15, 0.2) is 9.84 Å². The van der Waals surface area contributed by atoms with Crippen LogP contribution in [0.4, 0.5) is 0 Å². The standard InChI is InChI=1S/C11H20N2O5S/c1-11(4-5-19(16,17)8-11)12-9(14)6-13(2)7-10(15)18-3/h4-8H2,1-3H3,(H,12,14). The van der Waals surface area contributed by atoms with Crippen molar-refractivity contribution in [2.24, 2.45) is 0 Å². The molecule has 7 nitrogen and oxygen atoms in total. The first-order chi connectivity index (χ1) is 8.66. The van der Waals surface area contributed by atoms with Gasteiger partial charge < -0.3 is 10.1 Å². The molecular weight excluding hydrogens is 272 g/mol. The maximum Gasteiger partial charge on any atom is 0.319 e. The summed E-state index contributed by atoms with van der Waals surface area (Å²) in [6.45, 7) is 1.75. The fourth-order valence-electron chi connectivity index (χ4n) is 2.07. The van der Waals surface area contributed by atoms with Crippen LogP contribution in [0.3, 0.4) is 0 Å². The highest BCUT2D eigenvalue weighted by molar-refractivity contribution is 7.91. The van der Waals surface area contributed by atoms with Gasteiger partial charge in [-0.2, -0.15) is 0 Å². The third-order valence-electron chi connectivity index (χ3n) is 2.98. The monoisotopic (exact) mass is 292 g/mol. The molecule has 1 aliphatic rings. The second-order valence-corrected chi connectivity index (χ2v) is 7.38. The summed E-state index contributed by atoms with van der Waals surface area (Å²) in [5.41, 5.74) is -0.706. The van der Waals surface area contributed by atoms with E-state index >= 15 is 0 Å². The summed E-state index contributed by atoms with van der Waals surface area (Å²) in [4.78, 5) is 24.3. The largest absolute Gasteiger partial charge is 0.468 e. The molecule has 1 saturated heterocycles. The Hall–Kier alpha value is -1.15. The molecule has 1 rings (SSSR count). The van der Waals surface area contributed by atoms with E-state index in [1.54, 1.807) is 14.0 Å². The SMILES string of the molecule is COC(=O)CN(C)CC(=O)NC1(C)CCS(=O)(=O)C1. The topological polar surface area (TPSA) is 92.8 Å². The summed E-state index contributed by atoms with van der Waals surface area (Å²) >= 11 is 0. The quantitative estimate of drug-likeness (QED) is 0.639. The molecule has 0 aromatic carbocycles. The second-order valence-electron chi connectivity index (χ2n) is 5.20. The van der Waals surface area contributed by atoms with Crippen molar-refractivity contribution in [1.82, 2.24) is 10.2 Å². The van der Waals surface area contributed by atoms with E-state index in [1.807, 2.05) is 0 Å². The van der Waals surface area contributed by atoms with Crippen molar-refractivity contribution in [3.63, 3.8) is 0 Å². The molecule has 1 heterocycles. The molecular formula is C11H20N2O5S. The fraction of sp³-hybridized carbons (Fsp3) is 0.818. The molecule has 1 atom stereocenters. The highest BCUT2D eigenvalue weighted by atomic mass is 32.2. The molecule has 0 spiro atoms. The van der Waals surface area contributed by atoms with Crippen molar-refractivity contribution < 1.29 is 22.7 Å². The lowest BCUT2D eigenvalue weighted by molar-refractivity contribution is -0.141. The van der Waals surface area contributed by atoms with Crippen LogP contribution < -0.4 is 5.32 Å². The van der Waals surface area contributed by atoms with E-state index in [0.717, 1.165) is 0 Å². The van der Waals surface area contributed by atoms with Crippen LogP contribution in [0, 0.1) is 0 Å². The highest BCUT2D eigenvalue weighted by Crippen LogP contribution is 2.22. The van der Waals surface area contributed by atoms with E-state index in [-0.39, 0.29) is 30.5 Å². The van der Waals surface area contributed by atoms with Crippen LogP contribution in [-0.2, 0) is 24.2 Å². The summed E-state index contributed by atoms with van der Waals surface area (Å²) in [5.74, 6) is -0.662. The average Bonchev–Trinajstić information content (AvgIpc) is 2.51. The Bertz CT molecular complexity index is 462. The molecule has 1 amide bonds. The number of hydrogen-bond acceptors (Lipinski definition) is 6. The van der Waals surface area contributed by atoms with Crippen molar-refractivity contribution in [2.75, 3.05) is 38.8 Å². The number of amides is 1. The average molecular weight is 292 g/mol. The predicted octanol–water partition coefficient (Wildman–Crippen LogP) is -1.22. The third kappa shape index (κ3) is 5.15. The minimum absolute atomic E-state index is 0.0128. The lowest BCUT2D eigenvalue weighted by Gasteiger charge is -2.25. The van der Waals surface area contributed by atoms with Crippen LogP contribution >= 0.6 is 0 Å². The Morgan fingerprint density at radius 2 is 2.00 bits per heavy atom. The van der Waals surface area contributed by atoms with Crippen LogP contribution in [0.2, 0.25) is 0 Å². The molecule has 1 N–H and O–H groups in total. The lowest BCUT2D eigenvalue weighted by atomic mass is 10.0. The fourth-order valence-corrected chi connectivity index (χ4v) is 4.16. The van der Waals surface area contributed by atoms with Crippen LogP contribution in [0.1, 0.15) is 13.3 Å². The van der Waals surface area contributed by atoms with Crippen molar-refractivity contribution in [3.05, 3.63) is 0 Å². The van der Waals surface area contributed by atoms with E-state index in [0.29, 0.717) is 6.42 Å². The molecule has 1 fully saturated rings. The Balaban J connectivity index is 2.46. The van der Waals surface area contributed by atoms with Gasteiger partial charge in [-0.1, -0.05) is 0 Å². The number of likely N-dealkylation sites (N-methyl/N-ethyl adjacent to an activating group) is 1. The summed E-state index contributed by atoms with van der Waals surface area (Å²) in [6.07, 6.45) is 0.418. The zero-order valence-electron chi connectivity index (χ0n) is 11.4. The molecule has 110 valence electrons. The van der Waals surface area contributed by atoms with Crippen LogP contribution in [-0.4, -0.2) is 69.5 Å². The van der Waals surface area contributed by atoms with E-state index < -0.39 is 21.3 Å². The summed E-state index contributed by atoms with van der Waals surface area (Å²) in [7, 11) is -0.160. The van der Waals surface area contributed by atoms with Crippen molar-refractivity contribution >= 4 is 21.7 Å². The van der Waals surface area contributed by atoms with Gasteiger partial charge in [0.1, 0.15) is 0 Å². The normalized spacial score (nSPS) is 25.3. The number of methoxy groups -OCH3 is 1. The minimum Gasteiger partial charge on any atom is -0.468 e. The Morgan fingerprint density at radius 3 is 2.47 bits per heavy atom. The van der Waals surface area contributed by atoms with Crippen LogP contribution in [0.15, 0.2) is 0 Å². The van der Waals surface area contributed by atoms with Gasteiger partial charge in [0, 0.05) is 0 Å². The van der Waals surface area contributed by atoms with Gasteiger partial charge in [-0.3, -0.25) is 14.5 Å². The lowest BCUT2D eigenvalue weighted by Crippen LogP contribution is -2.50. The number of carbonyl (C=O) groups is 2. The highest BCUT2D eigenvalue weighted by Gasteiger charge is 2.39. The van der Waals surface area contributed by atoms with E-state index in [9.17, 15) is 18.0 Å². The summed E-state index contributed by atoms with van der Waals surface area (Å²) < 4.78 is 27.3. The number of carbonyl (C=O) groups excluding carboxylic acids is 2. The number of ether oxygens (including phenoxy) is 1. The van der Waals surface area contributed by atoms with Crippen molar-refractivity contribution in [3.8, 4) is 0 Å². The van der Waals surface area contributed by atoms with Gasteiger partial charge in [-0.15, -0.1) is 0 Å². The summed E-state index contributed by atoms with van der Waals surface area (Å²) in [5, 5.41) is 2.72. The molecule has 0 aliphatic carbocycles. The Labute approximate surface area is 113 Å². The van der Waals surface area contributed by atoms with Gasteiger partial charge in [0.2, 0.25) is 5.91 Å². The van der Waals surface area contributed by atoms with E-state index in [1.165, 1.54) is 12.0 Å². The van der Waals surface area contributed by atoms with Gasteiger partial charge in [0.05, 0.1) is 37.2 Å². The van der Waals surface area contributed by atoms with Crippen molar-refractivity contribution in [1.29, 1.82) is 0 Å². The van der Waals surface area contributed by atoms with E-state index in [2.05, 4.69) is 10.1 Å². The molecule has 8 heteroatoms. The van der Waals surface area contributed by atoms with Gasteiger partial charge in [-0.25, -0.2) is 8.42 Å². The maximum atomic E-state index is 11.8. The zero-order valence-corrected chi connectivity index (χ0v) is 12.2. The first-order valence-corrected chi connectivity index (χ1v) is 7.75. The summed E-state index contributed by atoms with van der Waals surface area (Å²) in [6, 6.07) is 0. The van der Waals surface area contributed by atoms with Crippen molar-refractivity contribution in [2.45, 2.75) is 18.9 Å². The number of rotatable bonds is 5. The van der Waals surface area contributed by atoms with Crippen LogP contribution in [0.5, 0.6) is 0 Å². The predicted molar refractivity (Wildman–Crippen MR) is 69.3 cm³/mol. The number of nitrogens with zero attached hydrogens (tertiary/aromatic N) is 1.